The predicted octanol–water partition coefficient (Wildman–Crippen LogP) is 2.01. The Morgan fingerprint density at radius 3 is 2.73 bits per heavy atom. The largest absolute Gasteiger partial charge is 0.481 e. The second-order valence-electron chi connectivity index (χ2n) is 5.35. The van der Waals surface area contributed by atoms with Gasteiger partial charge in [0.2, 0.25) is 0 Å². The molecule has 0 aromatic heterocycles. The molecular weight excluding hydrogens is 190 g/mol. The average molecular weight is 211 g/mol. The number of aliphatic carboxylic acids is 1. The molecule has 0 radical (unpaired) electrons. The number of carbonyl (C=O) groups is 1. The Kier molecular flexibility index (Phi) is 3.01. The van der Waals surface area contributed by atoms with E-state index in [1.165, 1.54) is 32.1 Å². The summed E-state index contributed by atoms with van der Waals surface area (Å²) in [5.74, 6) is 0.694. The molecule has 3 nitrogen and oxygen atoms in total. The molecule has 3 atom stereocenters. The highest BCUT2D eigenvalue weighted by atomic mass is 16.4. The van der Waals surface area contributed by atoms with Crippen LogP contribution in [0.5, 0.6) is 0 Å². The predicted molar refractivity (Wildman–Crippen MR) is 58.4 cm³/mol. The van der Waals surface area contributed by atoms with E-state index in [9.17, 15) is 4.79 Å². The number of rotatable bonds is 3. The number of nitrogens with two attached hydrogens (primary N) is 1. The average Bonchev–Trinajstić information content (AvgIpc) is 2.36. The fraction of sp³-hybridized carbons (Fsp3) is 0.917. The van der Waals surface area contributed by atoms with Crippen molar-refractivity contribution in [3.8, 4) is 0 Å². The Morgan fingerprint density at radius 1 is 1.33 bits per heavy atom. The van der Waals surface area contributed by atoms with E-state index in [1.54, 1.807) is 0 Å². The van der Waals surface area contributed by atoms with Crippen LogP contribution in [0.15, 0.2) is 0 Å². The number of hydrogen-bond acceptors (Lipinski definition) is 2. The first-order valence-corrected chi connectivity index (χ1v) is 6.10. The van der Waals surface area contributed by atoms with Gasteiger partial charge in [-0.05, 0) is 36.6 Å². The molecule has 15 heavy (non-hydrogen) atoms. The van der Waals surface area contributed by atoms with Gasteiger partial charge in [0, 0.05) is 0 Å². The summed E-state index contributed by atoms with van der Waals surface area (Å²) in [7, 11) is 0. The van der Waals surface area contributed by atoms with Gasteiger partial charge in [0.05, 0.1) is 6.42 Å². The lowest BCUT2D eigenvalue weighted by molar-refractivity contribution is -0.146. The first kappa shape index (κ1) is 10.9. The molecule has 0 amide bonds. The Morgan fingerprint density at radius 2 is 2.07 bits per heavy atom. The maximum Gasteiger partial charge on any atom is 0.303 e. The molecule has 2 rings (SSSR count). The third kappa shape index (κ3) is 1.89. The Bertz CT molecular complexity index is 254. The summed E-state index contributed by atoms with van der Waals surface area (Å²) in [5, 5.41) is 8.95. The normalized spacial score (nSPS) is 40.1. The second-order valence-corrected chi connectivity index (χ2v) is 5.35. The van der Waals surface area contributed by atoms with Gasteiger partial charge in [0.1, 0.15) is 0 Å². The maximum absolute atomic E-state index is 10.9. The summed E-state index contributed by atoms with van der Waals surface area (Å²) in [5.41, 5.74) is 5.76. The first-order chi connectivity index (χ1) is 7.18. The van der Waals surface area contributed by atoms with E-state index in [4.69, 9.17) is 10.8 Å². The fourth-order valence-electron chi connectivity index (χ4n) is 3.76. The van der Waals surface area contributed by atoms with E-state index in [-0.39, 0.29) is 11.8 Å². The van der Waals surface area contributed by atoms with Crippen molar-refractivity contribution < 1.29 is 9.90 Å². The van der Waals surface area contributed by atoms with Crippen molar-refractivity contribution in [2.45, 2.75) is 44.9 Å². The number of carboxylic acid groups (broad SMARTS) is 1. The summed E-state index contributed by atoms with van der Waals surface area (Å²) >= 11 is 0. The topological polar surface area (TPSA) is 63.3 Å². The van der Waals surface area contributed by atoms with Crippen LogP contribution in [-0.4, -0.2) is 17.6 Å². The molecule has 0 spiro atoms. The summed E-state index contributed by atoms with van der Waals surface area (Å²) < 4.78 is 0. The number of fused-ring (bicyclic) bond motifs is 1. The third-order valence-corrected chi connectivity index (χ3v) is 4.52. The minimum atomic E-state index is -0.678. The van der Waals surface area contributed by atoms with E-state index < -0.39 is 5.97 Å². The van der Waals surface area contributed by atoms with Crippen LogP contribution >= 0.6 is 0 Å². The van der Waals surface area contributed by atoms with Gasteiger partial charge in [-0.15, -0.1) is 0 Å². The lowest BCUT2D eigenvalue weighted by atomic mass is 9.51. The van der Waals surface area contributed by atoms with E-state index in [0.29, 0.717) is 12.5 Å². The highest BCUT2D eigenvalue weighted by molar-refractivity contribution is 5.68. The molecule has 2 saturated carbocycles. The molecule has 3 heteroatoms. The van der Waals surface area contributed by atoms with Crippen LogP contribution < -0.4 is 5.73 Å². The monoisotopic (exact) mass is 211 g/mol. The zero-order chi connectivity index (χ0) is 10.9. The molecule has 3 N–H and O–H groups in total. The van der Waals surface area contributed by atoms with Crippen molar-refractivity contribution in [1.82, 2.24) is 0 Å². The molecule has 0 heterocycles. The molecule has 2 aliphatic carbocycles. The Hall–Kier alpha value is -0.570. The van der Waals surface area contributed by atoms with Crippen LogP contribution in [0.1, 0.15) is 44.9 Å². The molecule has 0 aromatic carbocycles. The number of hydrogen-bond donors (Lipinski definition) is 2. The number of carboxylic acids is 1. The Balaban J connectivity index is 2.05. The first-order valence-electron chi connectivity index (χ1n) is 6.10. The Labute approximate surface area is 91.0 Å². The van der Waals surface area contributed by atoms with Crippen molar-refractivity contribution in [3.05, 3.63) is 0 Å². The standard InChI is InChI=1S/C12H21NO2/c13-8-12(7-11(14)15)6-9-4-2-1-3-5-10(9)12/h9-10H,1-8,13H2,(H,14,15)/t9?,10-,12+/m0/s1. The van der Waals surface area contributed by atoms with Gasteiger partial charge < -0.3 is 10.8 Å². The van der Waals surface area contributed by atoms with Gasteiger partial charge in [0.15, 0.2) is 0 Å². The van der Waals surface area contributed by atoms with Gasteiger partial charge in [-0.25, -0.2) is 0 Å². The van der Waals surface area contributed by atoms with E-state index in [1.807, 2.05) is 0 Å². The summed E-state index contributed by atoms with van der Waals surface area (Å²) in [6.07, 6.45) is 7.75. The third-order valence-electron chi connectivity index (χ3n) is 4.52. The van der Waals surface area contributed by atoms with Gasteiger partial charge >= 0.3 is 5.97 Å². The lowest BCUT2D eigenvalue weighted by Crippen LogP contribution is -2.53. The van der Waals surface area contributed by atoms with Crippen molar-refractivity contribution in [3.63, 3.8) is 0 Å². The van der Waals surface area contributed by atoms with Gasteiger partial charge in [-0.3, -0.25) is 4.79 Å². The minimum Gasteiger partial charge on any atom is -0.481 e. The minimum absolute atomic E-state index is 0.0547. The van der Waals surface area contributed by atoms with E-state index >= 15 is 0 Å². The van der Waals surface area contributed by atoms with Crippen LogP contribution in [0.4, 0.5) is 0 Å². The lowest BCUT2D eigenvalue weighted by Gasteiger charge is -2.54. The zero-order valence-corrected chi connectivity index (χ0v) is 9.24. The van der Waals surface area contributed by atoms with Crippen LogP contribution in [-0.2, 0) is 4.79 Å². The molecule has 0 aromatic rings. The van der Waals surface area contributed by atoms with Crippen LogP contribution in [0, 0.1) is 17.3 Å². The van der Waals surface area contributed by atoms with Crippen molar-refractivity contribution >= 4 is 5.97 Å². The van der Waals surface area contributed by atoms with Crippen molar-refractivity contribution in [1.29, 1.82) is 0 Å². The maximum atomic E-state index is 10.9. The smallest absolute Gasteiger partial charge is 0.303 e. The van der Waals surface area contributed by atoms with Crippen LogP contribution in [0.2, 0.25) is 0 Å². The molecule has 0 aliphatic heterocycles. The van der Waals surface area contributed by atoms with Crippen molar-refractivity contribution in [2.24, 2.45) is 23.0 Å². The van der Waals surface area contributed by atoms with Gasteiger partial charge in [0.25, 0.3) is 0 Å². The van der Waals surface area contributed by atoms with Crippen LogP contribution in [0.25, 0.3) is 0 Å². The summed E-state index contributed by atoms with van der Waals surface area (Å²) in [6, 6.07) is 0. The van der Waals surface area contributed by atoms with Gasteiger partial charge in [-0.1, -0.05) is 25.7 Å². The molecule has 0 bridgehead atoms. The summed E-state index contributed by atoms with van der Waals surface area (Å²) in [4.78, 5) is 10.9. The SMILES string of the molecule is NC[C@]1(CC(=O)O)CC2CCCCC[C@@H]21. The molecule has 0 saturated heterocycles. The van der Waals surface area contributed by atoms with Crippen molar-refractivity contribution in [2.75, 3.05) is 6.54 Å². The van der Waals surface area contributed by atoms with E-state index in [2.05, 4.69) is 0 Å². The quantitative estimate of drug-likeness (QED) is 0.750. The highest BCUT2D eigenvalue weighted by Gasteiger charge is 2.53. The zero-order valence-electron chi connectivity index (χ0n) is 9.24. The highest BCUT2D eigenvalue weighted by Crippen LogP contribution is 2.57. The molecule has 1 unspecified atom stereocenters. The van der Waals surface area contributed by atoms with E-state index in [0.717, 1.165) is 12.3 Å². The van der Waals surface area contributed by atoms with Gasteiger partial charge in [-0.2, -0.15) is 0 Å². The molecule has 2 fully saturated rings. The fourth-order valence-corrected chi connectivity index (χ4v) is 3.76. The molecular formula is C12H21NO2. The molecule has 2 aliphatic rings. The molecule has 86 valence electrons. The second kappa shape index (κ2) is 4.12. The summed E-state index contributed by atoms with van der Waals surface area (Å²) in [6.45, 7) is 0.556. The van der Waals surface area contributed by atoms with Crippen LogP contribution in [0.3, 0.4) is 0 Å².